The molecule has 1 aromatic rings. The van der Waals surface area contributed by atoms with Crippen molar-refractivity contribution in [3.63, 3.8) is 0 Å². The summed E-state index contributed by atoms with van der Waals surface area (Å²) in [5.41, 5.74) is 5.45. The summed E-state index contributed by atoms with van der Waals surface area (Å²) >= 11 is 0. The molecule has 2 N–H and O–H groups in total. The van der Waals surface area contributed by atoms with Crippen LogP contribution in [-0.4, -0.2) is 16.1 Å². The van der Waals surface area contributed by atoms with Crippen molar-refractivity contribution >= 4 is 6.09 Å². The SMILES string of the molecule is Cc1ccnc(OC(N)=O)n1. The Bertz CT molecular complexity index is 274. The summed E-state index contributed by atoms with van der Waals surface area (Å²) in [5, 5.41) is 0. The van der Waals surface area contributed by atoms with E-state index in [0.29, 0.717) is 0 Å². The average molecular weight is 153 g/mol. The van der Waals surface area contributed by atoms with Gasteiger partial charge < -0.3 is 10.5 Å². The molecule has 11 heavy (non-hydrogen) atoms. The van der Waals surface area contributed by atoms with E-state index in [2.05, 4.69) is 14.7 Å². The first kappa shape index (κ1) is 7.46. The summed E-state index contributed by atoms with van der Waals surface area (Å²) in [6.07, 6.45) is 0.580. The Hall–Kier alpha value is -1.65. The van der Waals surface area contributed by atoms with Gasteiger partial charge >= 0.3 is 12.1 Å². The highest BCUT2D eigenvalue weighted by atomic mass is 16.6. The third-order valence-corrected chi connectivity index (χ3v) is 0.965. The number of ether oxygens (including phenoxy) is 1. The van der Waals surface area contributed by atoms with Crippen molar-refractivity contribution in [3.8, 4) is 6.01 Å². The lowest BCUT2D eigenvalue weighted by atomic mass is 10.5. The van der Waals surface area contributed by atoms with Gasteiger partial charge in [0, 0.05) is 11.9 Å². The van der Waals surface area contributed by atoms with Crippen LogP contribution in [-0.2, 0) is 0 Å². The molecule has 0 saturated carbocycles. The van der Waals surface area contributed by atoms with E-state index in [-0.39, 0.29) is 6.01 Å². The Morgan fingerprint density at radius 3 is 3.00 bits per heavy atom. The first-order valence-corrected chi connectivity index (χ1v) is 2.95. The lowest BCUT2D eigenvalue weighted by molar-refractivity contribution is 0.207. The number of nitrogens with two attached hydrogens (primary N) is 1. The van der Waals surface area contributed by atoms with Gasteiger partial charge in [0.05, 0.1) is 0 Å². The van der Waals surface area contributed by atoms with E-state index in [4.69, 9.17) is 5.73 Å². The Balaban J connectivity index is 2.79. The fraction of sp³-hybridized carbons (Fsp3) is 0.167. The molecule has 0 saturated heterocycles. The molecule has 0 aliphatic heterocycles. The number of carbonyl (C=O) groups excluding carboxylic acids is 1. The van der Waals surface area contributed by atoms with E-state index in [1.807, 2.05) is 0 Å². The van der Waals surface area contributed by atoms with Gasteiger partial charge in [-0.1, -0.05) is 0 Å². The highest BCUT2D eigenvalue weighted by molar-refractivity contribution is 5.66. The highest BCUT2D eigenvalue weighted by Gasteiger charge is 1.99. The van der Waals surface area contributed by atoms with Crippen LogP contribution in [0, 0.1) is 6.92 Å². The Morgan fingerprint density at radius 2 is 2.45 bits per heavy atom. The summed E-state index contributed by atoms with van der Waals surface area (Å²) in [7, 11) is 0. The van der Waals surface area contributed by atoms with E-state index < -0.39 is 6.09 Å². The molecular formula is C6H7N3O2. The molecule has 0 bridgehead atoms. The van der Waals surface area contributed by atoms with Crippen LogP contribution in [0.3, 0.4) is 0 Å². The molecule has 0 unspecified atom stereocenters. The molecule has 0 fully saturated rings. The first-order valence-electron chi connectivity index (χ1n) is 2.95. The van der Waals surface area contributed by atoms with Gasteiger partial charge in [-0.05, 0) is 13.0 Å². The number of rotatable bonds is 1. The van der Waals surface area contributed by atoms with Gasteiger partial charge in [-0.15, -0.1) is 0 Å². The summed E-state index contributed by atoms with van der Waals surface area (Å²) in [6.45, 7) is 1.76. The van der Waals surface area contributed by atoms with E-state index >= 15 is 0 Å². The van der Waals surface area contributed by atoms with Gasteiger partial charge in [-0.2, -0.15) is 0 Å². The molecule has 5 nitrogen and oxygen atoms in total. The third kappa shape index (κ3) is 2.21. The van der Waals surface area contributed by atoms with Crippen LogP contribution in [0.25, 0.3) is 0 Å². The zero-order chi connectivity index (χ0) is 8.27. The van der Waals surface area contributed by atoms with Crippen molar-refractivity contribution in [2.75, 3.05) is 0 Å². The number of primary amides is 1. The maximum atomic E-state index is 10.2. The Morgan fingerprint density at radius 1 is 1.73 bits per heavy atom. The van der Waals surface area contributed by atoms with Gasteiger partial charge in [0.1, 0.15) is 0 Å². The standard InChI is InChI=1S/C6H7N3O2/c1-4-2-3-8-6(9-4)11-5(7)10/h2-3H,1H3,(H2,7,10). The molecule has 1 rings (SSSR count). The van der Waals surface area contributed by atoms with Crippen LogP contribution in [0.5, 0.6) is 6.01 Å². The van der Waals surface area contributed by atoms with Gasteiger partial charge in [0.25, 0.3) is 0 Å². The molecule has 1 heterocycles. The number of hydrogen-bond acceptors (Lipinski definition) is 4. The Labute approximate surface area is 63.2 Å². The summed E-state index contributed by atoms with van der Waals surface area (Å²) in [4.78, 5) is 17.6. The number of nitrogens with zero attached hydrogens (tertiary/aromatic N) is 2. The van der Waals surface area contributed by atoms with Crippen LogP contribution in [0.15, 0.2) is 12.3 Å². The monoisotopic (exact) mass is 153 g/mol. The largest absolute Gasteiger partial charge is 0.412 e. The van der Waals surface area contributed by atoms with E-state index in [1.54, 1.807) is 13.0 Å². The molecule has 5 heteroatoms. The number of aryl methyl sites for hydroxylation is 1. The van der Waals surface area contributed by atoms with Crippen molar-refractivity contribution in [2.45, 2.75) is 6.92 Å². The van der Waals surface area contributed by atoms with Gasteiger partial charge in [0.2, 0.25) is 0 Å². The second-order valence-electron chi connectivity index (χ2n) is 1.90. The molecule has 0 atom stereocenters. The fourth-order valence-electron chi connectivity index (χ4n) is 0.565. The molecule has 0 aliphatic carbocycles. The average Bonchev–Trinajstić information content (AvgIpc) is 1.85. The zero-order valence-electron chi connectivity index (χ0n) is 5.94. The number of amides is 1. The van der Waals surface area contributed by atoms with Crippen LogP contribution >= 0.6 is 0 Å². The van der Waals surface area contributed by atoms with Crippen LogP contribution < -0.4 is 10.5 Å². The predicted octanol–water partition coefficient (Wildman–Crippen LogP) is 0.243. The van der Waals surface area contributed by atoms with Gasteiger partial charge in [0.15, 0.2) is 0 Å². The highest BCUT2D eigenvalue weighted by Crippen LogP contribution is 2.00. The van der Waals surface area contributed by atoms with Crippen LogP contribution in [0.2, 0.25) is 0 Å². The lowest BCUT2D eigenvalue weighted by Crippen LogP contribution is -2.17. The molecule has 0 radical (unpaired) electrons. The van der Waals surface area contributed by atoms with Gasteiger partial charge in [-0.3, -0.25) is 0 Å². The lowest BCUT2D eigenvalue weighted by Gasteiger charge is -1.97. The summed E-state index contributed by atoms with van der Waals surface area (Å²) in [5.74, 6) is 0. The smallest absolute Gasteiger partial charge is 0.374 e. The van der Waals surface area contributed by atoms with Crippen LogP contribution in [0.1, 0.15) is 5.69 Å². The molecule has 58 valence electrons. The number of carbonyl (C=O) groups is 1. The first-order chi connectivity index (χ1) is 5.18. The van der Waals surface area contributed by atoms with E-state index in [0.717, 1.165) is 5.69 Å². The maximum Gasteiger partial charge on any atom is 0.412 e. The minimum absolute atomic E-state index is 0.0162. The Kier molecular flexibility index (Phi) is 2.00. The van der Waals surface area contributed by atoms with E-state index in [1.165, 1.54) is 6.20 Å². The molecule has 0 aromatic carbocycles. The zero-order valence-corrected chi connectivity index (χ0v) is 5.94. The maximum absolute atomic E-state index is 10.2. The van der Waals surface area contributed by atoms with Crippen molar-refractivity contribution in [3.05, 3.63) is 18.0 Å². The number of aromatic nitrogens is 2. The second kappa shape index (κ2) is 2.96. The summed E-state index contributed by atoms with van der Waals surface area (Å²) < 4.78 is 4.41. The fourth-order valence-corrected chi connectivity index (χ4v) is 0.565. The summed E-state index contributed by atoms with van der Waals surface area (Å²) in [6, 6.07) is 1.67. The minimum Gasteiger partial charge on any atom is -0.374 e. The normalized spacial score (nSPS) is 9.18. The number of hydrogen-bond donors (Lipinski definition) is 1. The van der Waals surface area contributed by atoms with Crippen molar-refractivity contribution in [2.24, 2.45) is 5.73 Å². The van der Waals surface area contributed by atoms with Crippen molar-refractivity contribution in [1.82, 2.24) is 9.97 Å². The molecule has 0 spiro atoms. The topological polar surface area (TPSA) is 78.1 Å². The molecule has 0 aliphatic rings. The molecular weight excluding hydrogens is 146 g/mol. The molecule has 1 amide bonds. The quantitative estimate of drug-likeness (QED) is 0.626. The van der Waals surface area contributed by atoms with Crippen LogP contribution in [0.4, 0.5) is 4.79 Å². The predicted molar refractivity (Wildman–Crippen MR) is 37.0 cm³/mol. The van der Waals surface area contributed by atoms with E-state index in [9.17, 15) is 4.79 Å². The minimum atomic E-state index is -0.907. The van der Waals surface area contributed by atoms with Gasteiger partial charge in [-0.25, -0.2) is 14.8 Å². The van der Waals surface area contributed by atoms with Crippen molar-refractivity contribution in [1.29, 1.82) is 0 Å². The molecule has 1 aromatic heterocycles. The third-order valence-electron chi connectivity index (χ3n) is 0.965. The van der Waals surface area contributed by atoms with Crippen molar-refractivity contribution < 1.29 is 9.53 Å². The second-order valence-corrected chi connectivity index (χ2v) is 1.90.